The molecule has 0 saturated carbocycles. The van der Waals surface area contributed by atoms with Crippen LogP contribution in [0.4, 0.5) is 0 Å². The summed E-state index contributed by atoms with van der Waals surface area (Å²) in [5, 5.41) is 11.6. The molecule has 1 amide bonds. The molecule has 18 heavy (non-hydrogen) atoms. The van der Waals surface area contributed by atoms with Gasteiger partial charge < -0.3 is 20.1 Å². The Balaban J connectivity index is 1.64. The molecular formula is C12H20N2O4. The summed E-state index contributed by atoms with van der Waals surface area (Å²) in [7, 11) is 0. The van der Waals surface area contributed by atoms with Crippen molar-refractivity contribution in [3.8, 4) is 0 Å². The predicted molar refractivity (Wildman–Crippen MR) is 64.2 cm³/mol. The van der Waals surface area contributed by atoms with Crippen LogP contribution in [0.15, 0.2) is 0 Å². The van der Waals surface area contributed by atoms with E-state index in [1.54, 1.807) is 0 Å². The monoisotopic (exact) mass is 256 g/mol. The lowest BCUT2D eigenvalue weighted by atomic mass is 9.99. The molecule has 0 radical (unpaired) electrons. The summed E-state index contributed by atoms with van der Waals surface area (Å²) in [6, 6.07) is 0. The molecule has 2 aliphatic heterocycles. The Morgan fingerprint density at radius 3 is 2.44 bits per heavy atom. The van der Waals surface area contributed by atoms with Gasteiger partial charge in [0.15, 0.2) is 0 Å². The van der Waals surface area contributed by atoms with Crippen molar-refractivity contribution < 1.29 is 19.4 Å². The van der Waals surface area contributed by atoms with Crippen LogP contribution in [0, 0.1) is 5.92 Å². The molecule has 2 rings (SSSR count). The first-order valence-corrected chi connectivity index (χ1v) is 6.49. The number of carboxylic acids is 1. The van der Waals surface area contributed by atoms with Crippen molar-refractivity contribution in [3.05, 3.63) is 0 Å². The molecule has 2 fully saturated rings. The Hall–Kier alpha value is -1.14. The van der Waals surface area contributed by atoms with Crippen molar-refractivity contribution in [1.82, 2.24) is 10.2 Å². The Bertz CT molecular complexity index is 309. The van der Waals surface area contributed by atoms with E-state index < -0.39 is 5.97 Å². The van der Waals surface area contributed by atoms with E-state index in [0.29, 0.717) is 0 Å². The zero-order valence-electron chi connectivity index (χ0n) is 10.4. The summed E-state index contributed by atoms with van der Waals surface area (Å²) >= 11 is 0. The molecule has 0 atom stereocenters. The van der Waals surface area contributed by atoms with Gasteiger partial charge in [-0.25, -0.2) is 0 Å². The normalized spacial score (nSPS) is 21.7. The van der Waals surface area contributed by atoms with E-state index in [1.165, 1.54) is 0 Å². The van der Waals surface area contributed by atoms with Crippen molar-refractivity contribution in [2.75, 3.05) is 32.8 Å². The summed E-state index contributed by atoms with van der Waals surface area (Å²) in [4.78, 5) is 24.2. The molecule has 0 aromatic rings. The minimum Gasteiger partial charge on any atom is -0.481 e. The van der Waals surface area contributed by atoms with Gasteiger partial charge in [0, 0.05) is 26.2 Å². The van der Waals surface area contributed by atoms with Gasteiger partial charge in [0.2, 0.25) is 5.91 Å². The number of carboxylic acid groups (broad SMARTS) is 1. The highest BCUT2D eigenvalue weighted by Crippen LogP contribution is 2.17. The summed E-state index contributed by atoms with van der Waals surface area (Å²) in [6.07, 6.45) is 1.78. The number of piperidine rings is 1. The van der Waals surface area contributed by atoms with Crippen molar-refractivity contribution in [2.24, 2.45) is 5.92 Å². The molecule has 2 aliphatic rings. The molecule has 0 unspecified atom stereocenters. The SMILES string of the molecule is O=C(O)CCOC1CCN(C(=O)C2CNC2)CC1. The fourth-order valence-electron chi connectivity index (χ4n) is 2.28. The number of amides is 1. The molecule has 0 aliphatic carbocycles. The number of carbonyl (C=O) groups is 2. The quantitative estimate of drug-likeness (QED) is 0.705. The Morgan fingerprint density at radius 2 is 1.94 bits per heavy atom. The molecule has 0 aromatic heterocycles. The number of rotatable bonds is 5. The van der Waals surface area contributed by atoms with Gasteiger partial charge >= 0.3 is 5.97 Å². The highest BCUT2D eigenvalue weighted by Gasteiger charge is 2.31. The third kappa shape index (κ3) is 3.43. The minimum absolute atomic E-state index is 0.0485. The van der Waals surface area contributed by atoms with Gasteiger partial charge in [-0.05, 0) is 12.8 Å². The van der Waals surface area contributed by atoms with E-state index in [1.807, 2.05) is 4.90 Å². The average molecular weight is 256 g/mol. The lowest BCUT2D eigenvalue weighted by Crippen LogP contribution is -2.53. The predicted octanol–water partition coefficient (Wildman–Crippen LogP) is -0.312. The smallest absolute Gasteiger partial charge is 0.305 e. The first kappa shape index (κ1) is 13.3. The topological polar surface area (TPSA) is 78.9 Å². The second kappa shape index (κ2) is 6.15. The molecular weight excluding hydrogens is 236 g/mol. The van der Waals surface area contributed by atoms with E-state index in [4.69, 9.17) is 9.84 Å². The lowest BCUT2D eigenvalue weighted by molar-refractivity contribution is -0.140. The molecule has 0 aromatic carbocycles. The first-order valence-electron chi connectivity index (χ1n) is 6.49. The summed E-state index contributed by atoms with van der Waals surface area (Å²) in [6.45, 7) is 3.32. The van der Waals surface area contributed by atoms with Crippen LogP contribution >= 0.6 is 0 Å². The molecule has 6 heteroatoms. The molecule has 2 saturated heterocycles. The van der Waals surface area contributed by atoms with Gasteiger partial charge in [0.05, 0.1) is 25.0 Å². The fourth-order valence-corrected chi connectivity index (χ4v) is 2.28. The van der Waals surface area contributed by atoms with Crippen LogP contribution < -0.4 is 5.32 Å². The Kier molecular flexibility index (Phi) is 4.54. The molecule has 6 nitrogen and oxygen atoms in total. The number of nitrogens with zero attached hydrogens (tertiary/aromatic N) is 1. The zero-order valence-corrected chi connectivity index (χ0v) is 10.4. The first-order chi connectivity index (χ1) is 8.66. The lowest BCUT2D eigenvalue weighted by Gasteiger charge is -2.36. The second-order valence-corrected chi connectivity index (χ2v) is 4.89. The highest BCUT2D eigenvalue weighted by atomic mass is 16.5. The van der Waals surface area contributed by atoms with Crippen molar-refractivity contribution in [2.45, 2.75) is 25.4 Å². The average Bonchev–Trinajstić information content (AvgIpc) is 2.27. The van der Waals surface area contributed by atoms with Crippen LogP contribution in [-0.4, -0.2) is 60.8 Å². The summed E-state index contributed by atoms with van der Waals surface area (Å²) in [5.74, 6) is -0.424. The second-order valence-electron chi connectivity index (χ2n) is 4.89. The number of ether oxygens (including phenoxy) is 1. The number of carbonyl (C=O) groups excluding carboxylic acids is 1. The standard InChI is InChI=1S/C12H20N2O4/c15-11(16)3-6-18-10-1-4-14(5-2-10)12(17)9-7-13-8-9/h9-10,13H,1-8H2,(H,15,16). The maximum atomic E-state index is 12.0. The van der Waals surface area contributed by atoms with Crippen LogP contribution in [0.1, 0.15) is 19.3 Å². The summed E-state index contributed by atoms with van der Waals surface area (Å²) in [5.41, 5.74) is 0. The van der Waals surface area contributed by atoms with Gasteiger partial charge in [-0.1, -0.05) is 0 Å². The Morgan fingerprint density at radius 1 is 1.28 bits per heavy atom. The van der Waals surface area contributed by atoms with Gasteiger partial charge in [0.25, 0.3) is 0 Å². The van der Waals surface area contributed by atoms with Gasteiger partial charge in [-0.15, -0.1) is 0 Å². The largest absolute Gasteiger partial charge is 0.481 e. The van der Waals surface area contributed by atoms with E-state index in [2.05, 4.69) is 5.32 Å². The van der Waals surface area contributed by atoms with Gasteiger partial charge in [-0.3, -0.25) is 9.59 Å². The number of aliphatic carboxylic acids is 1. The Labute approximate surface area is 106 Å². The number of hydrogen-bond acceptors (Lipinski definition) is 4. The molecule has 2 heterocycles. The van der Waals surface area contributed by atoms with Gasteiger partial charge in [0.1, 0.15) is 0 Å². The highest BCUT2D eigenvalue weighted by molar-refractivity contribution is 5.80. The molecule has 102 valence electrons. The number of likely N-dealkylation sites (tertiary alicyclic amines) is 1. The fraction of sp³-hybridized carbons (Fsp3) is 0.833. The third-order valence-electron chi connectivity index (χ3n) is 3.55. The molecule has 2 N–H and O–H groups in total. The van der Waals surface area contributed by atoms with Crippen molar-refractivity contribution >= 4 is 11.9 Å². The number of nitrogens with one attached hydrogen (secondary N) is 1. The maximum absolute atomic E-state index is 12.0. The van der Waals surface area contributed by atoms with Crippen LogP contribution in [0.2, 0.25) is 0 Å². The molecule has 0 spiro atoms. The van der Waals surface area contributed by atoms with E-state index in [0.717, 1.165) is 39.0 Å². The van der Waals surface area contributed by atoms with E-state index in [-0.39, 0.29) is 31.0 Å². The van der Waals surface area contributed by atoms with Gasteiger partial charge in [-0.2, -0.15) is 0 Å². The van der Waals surface area contributed by atoms with Crippen LogP contribution in [0.25, 0.3) is 0 Å². The van der Waals surface area contributed by atoms with Crippen LogP contribution in [0.3, 0.4) is 0 Å². The van der Waals surface area contributed by atoms with E-state index >= 15 is 0 Å². The van der Waals surface area contributed by atoms with E-state index in [9.17, 15) is 9.59 Å². The minimum atomic E-state index is -0.833. The maximum Gasteiger partial charge on any atom is 0.305 e. The van der Waals surface area contributed by atoms with Crippen LogP contribution in [-0.2, 0) is 14.3 Å². The van der Waals surface area contributed by atoms with Crippen molar-refractivity contribution in [3.63, 3.8) is 0 Å². The third-order valence-corrected chi connectivity index (χ3v) is 3.55. The van der Waals surface area contributed by atoms with Crippen LogP contribution in [0.5, 0.6) is 0 Å². The molecule has 0 bridgehead atoms. The summed E-state index contributed by atoms with van der Waals surface area (Å²) < 4.78 is 5.49. The number of hydrogen-bond donors (Lipinski definition) is 2. The zero-order chi connectivity index (χ0) is 13.0. The van der Waals surface area contributed by atoms with Crippen molar-refractivity contribution in [1.29, 1.82) is 0 Å².